The predicted molar refractivity (Wildman–Crippen MR) is 137 cm³/mol. The lowest BCUT2D eigenvalue weighted by molar-refractivity contribution is 0.0650. The number of likely N-dealkylation sites (tertiary alicyclic amines) is 1. The molecule has 3 aromatic rings. The van der Waals surface area contributed by atoms with Gasteiger partial charge in [0.2, 0.25) is 0 Å². The smallest absolute Gasteiger partial charge is 0.264 e. The molecule has 1 aliphatic rings. The lowest BCUT2D eigenvalue weighted by Gasteiger charge is -2.31. The maximum Gasteiger partial charge on any atom is 0.264 e. The summed E-state index contributed by atoms with van der Waals surface area (Å²) in [5, 5.41) is 0. The number of carbonyl (C=O) groups excluding carboxylic acids is 2. The number of ketones is 1. The van der Waals surface area contributed by atoms with Crippen LogP contribution in [0.5, 0.6) is 0 Å². The highest BCUT2D eigenvalue weighted by Crippen LogP contribution is 2.26. The van der Waals surface area contributed by atoms with Gasteiger partial charge in [-0.25, -0.2) is 8.42 Å². The van der Waals surface area contributed by atoms with E-state index >= 15 is 0 Å². The lowest BCUT2D eigenvalue weighted by atomic mass is 9.88. The van der Waals surface area contributed by atoms with Crippen LogP contribution in [-0.4, -0.2) is 45.1 Å². The molecule has 3 aromatic carbocycles. The fourth-order valence-electron chi connectivity index (χ4n) is 4.32. The molecule has 0 unspecified atom stereocenters. The molecule has 6 nitrogen and oxygen atoms in total. The van der Waals surface area contributed by atoms with Gasteiger partial charge < -0.3 is 4.90 Å². The van der Waals surface area contributed by atoms with Gasteiger partial charge >= 0.3 is 0 Å². The quantitative estimate of drug-likeness (QED) is 0.463. The summed E-state index contributed by atoms with van der Waals surface area (Å²) in [6.45, 7) is 4.84. The van der Waals surface area contributed by atoms with Crippen molar-refractivity contribution in [1.82, 2.24) is 4.90 Å². The molecule has 0 atom stereocenters. The average Bonchev–Trinajstić information content (AvgIpc) is 2.88. The molecule has 1 amide bonds. The highest BCUT2D eigenvalue weighted by Gasteiger charge is 2.29. The molecule has 1 saturated heterocycles. The molecule has 1 heterocycles. The molecule has 182 valence electrons. The minimum atomic E-state index is -3.83. The fourth-order valence-corrected chi connectivity index (χ4v) is 5.56. The van der Waals surface area contributed by atoms with Crippen LogP contribution in [0.1, 0.15) is 44.7 Å². The largest absolute Gasteiger partial charge is 0.339 e. The molecule has 0 spiro atoms. The van der Waals surface area contributed by atoms with Crippen molar-refractivity contribution in [2.45, 2.75) is 31.6 Å². The summed E-state index contributed by atoms with van der Waals surface area (Å²) in [5.74, 6) is -0.220. The van der Waals surface area contributed by atoms with Crippen LogP contribution < -0.4 is 4.31 Å². The van der Waals surface area contributed by atoms with Gasteiger partial charge in [-0.2, -0.15) is 0 Å². The number of hydrogen-bond acceptors (Lipinski definition) is 4. The van der Waals surface area contributed by atoms with E-state index in [4.69, 9.17) is 0 Å². The molecular formula is C28H30N2O4S. The van der Waals surface area contributed by atoms with Gasteiger partial charge in [0, 0.05) is 37.2 Å². The van der Waals surface area contributed by atoms with Crippen LogP contribution in [0.15, 0.2) is 77.7 Å². The minimum absolute atomic E-state index is 0.0656. The Balaban J connectivity index is 1.45. The minimum Gasteiger partial charge on any atom is -0.339 e. The van der Waals surface area contributed by atoms with Gasteiger partial charge in [-0.3, -0.25) is 13.9 Å². The van der Waals surface area contributed by atoms with E-state index in [9.17, 15) is 18.0 Å². The van der Waals surface area contributed by atoms with Crippen molar-refractivity contribution in [3.8, 4) is 0 Å². The Bertz CT molecular complexity index is 1320. The lowest BCUT2D eigenvalue weighted by Crippen LogP contribution is -2.40. The standard InChI is InChI=1S/C28H30N2O4S/c1-20-7-11-22(12-8-20)27(31)23-15-17-30(18-16-23)28(32)24-5-4-6-26(19-24)35(33,34)29(3)25-13-9-21(2)10-14-25/h4-14,19,23H,15-18H2,1-3H3. The highest BCUT2D eigenvalue weighted by molar-refractivity contribution is 7.92. The Morgan fingerprint density at radius 3 is 2.00 bits per heavy atom. The zero-order valence-electron chi connectivity index (χ0n) is 20.3. The fraction of sp³-hybridized carbons (Fsp3) is 0.286. The number of Topliss-reactive ketones (excluding diaryl/α,β-unsaturated/α-hetero) is 1. The first kappa shape index (κ1) is 24.7. The van der Waals surface area contributed by atoms with E-state index in [0.29, 0.717) is 42.7 Å². The van der Waals surface area contributed by atoms with Gasteiger partial charge in [-0.05, 0) is 57.0 Å². The molecule has 1 aliphatic heterocycles. The number of hydrogen-bond donors (Lipinski definition) is 0. The topological polar surface area (TPSA) is 74.8 Å². The molecule has 0 saturated carbocycles. The Labute approximate surface area is 207 Å². The number of rotatable bonds is 6. The summed E-state index contributed by atoms with van der Waals surface area (Å²) in [6, 6.07) is 21.0. The van der Waals surface area contributed by atoms with Gasteiger partial charge in [0.15, 0.2) is 5.78 Å². The van der Waals surface area contributed by atoms with E-state index in [1.54, 1.807) is 29.2 Å². The monoisotopic (exact) mass is 490 g/mol. The van der Waals surface area contributed by atoms with Gasteiger partial charge in [0.05, 0.1) is 10.6 Å². The predicted octanol–water partition coefficient (Wildman–Crippen LogP) is 4.86. The number of aryl methyl sites for hydroxylation is 2. The molecular weight excluding hydrogens is 460 g/mol. The van der Waals surface area contributed by atoms with Crippen molar-refractivity contribution in [1.29, 1.82) is 0 Å². The molecule has 4 rings (SSSR count). The summed E-state index contributed by atoms with van der Waals surface area (Å²) in [5.41, 5.74) is 3.73. The SMILES string of the molecule is Cc1ccc(C(=O)C2CCN(C(=O)c3cccc(S(=O)(=O)N(C)c4ccc(C)cc4)c3)CC2)cc1. The number of benzene rings is 3. The van der Waals surface area contributed by atoms with Crippen LogP contribution in [0.3, 0.4) is 0 Å². The summed E-state index contributed by atoms with van der Waals surface area (Å²) in [4.78, 5) is 27.8. The molecule has 35 heavy (non-hydrogen) atoms. The number of anilines is 1. The first-order chi connectivity index (χ1) is 16.7. The third-order valence-corrected chi connectivity index (χ3v) is 8.41. The molecule has 0 aliphatic carbocycles. The number of piperidine rings is 1. The van der Waals surface area contributed by atoms with Crippen molar-refractivity contribution in [2.75, 3.05) is 24.4 Å². The van der Waals surface area contributed by atoms with E-state index in [-0.39, 0.29) is 22.5 Å². The van der Waals surface area contributed by atoms with E-state index in [2.05, 4.69) is 0 Å². The van der Waals surface area contributed by atoms with Crippen molar-refractivity contribution < 1.29 is 18.0 Å². The third kappa shape index (κ3) is 5.30. The first-order valence-corrected chi connectivity index (χ1v) is 13.2. The zero-order valence-corrected chi connectivity index (χ0v) is 21.1. The van der Waals surface area contributed by atoms with Crippen molar-refractivity contribution >= 4 is 27.4 Å². The van der Waals surface area contributed by atoms with E-state index in [1.165, 1.54) is 23.5 Å². The first-order valence-electron chi connectivity index (χ1n) is 11.7. The van der Waals surface area contributed by atoms with Gasteiger partial charge in [-0.1, -0.05) is 53.6 Å². The van der Waals surface area contributed by atoms with Crippen LogP contribution >= 0.6 is 0 Å². The third-order valence-electron chi connectivity index (χ3n) is 6.63. The average molecular weight is 491 g/mol. The molecule has 0 N–H and O–H groups in total. The number of amides is 1. The van der Waals surface area contributed by atoms with E-state index < -0.39 is 10.0 Å². The molecule has 0 bridgehead atoms. The van der Waals surface area contributed by atoms with Crippen LogP contribution in [0, 0.1) is 19.8 Å². The molecule has 1 fully saturated rings. The van der Waals surface area contributed by atoms with Crippen LogP contribution in [0.4, 0.5) is 5.69 Å². The number of sulfonamides is 1. The maximum absolute atomic E-state index is 13.2. The van der Waals surface area contributed by atoms with Gasteiger partial charge in [-0.15, -0.1) is 0 Å². The second kappa shape index (κ2) is 10.0. The maximum atomic E-state index is 13.2. The molecule has 0 aromatic heterocycles. The normalized spacial score (nSPS) is 14.5. The van der Waals surface area contributed by atoms with E-state index in [0.717, 1.165) is 11.1 Å². The second-order valence-electron chi connectivity index (χ2n) is 9.13. The Kier molecular flexibility index (Phi) is 7.08. The second-order valence-corrected chi connectivity index (χ2v) is 11.1. The summed E-state index contributed by atoms with van der Waals surface area (Å²) >= 11 is 0. The van der Waals surface area contributed by atoms with Gasteiger partial charge in [0.25, 0.3) is 15.9 Å². The van der Waals surface area contributed by atoms with Crippen LogP contribution in [0.2, 0.25) is 0 Å². The number of carbonyl (C=O) groups is 2. The molecule has 7 heteroatoms. The summed E-state index contributed by atoms with van der Waals surface area (Å²) in [6.07, 6.45) is 1.18. The Hall–Kier alpha value is -3.45. The molecule has 0 radical (unpaired) electrons. The van der Waals surface area contributed by atoms with Crippen molar-refractivity contribution in [3.63, 3.8) is 0 Å². The van der Waals surface area contributed by atoms with Crippen LogP contribution in [0.25, 0.3) is 0 Å². The van der Waals surface area contributed by atoms with E-state index in [1.807, 2.05) is 50.2 Å². The van der Waals surface area contributed by atoms with Crippen LogP contribution in [-0.2, 0) is 10.0 Å². The summed E-state index contributed by atoms with van der Waals surface area (Å²) in [7, 11) is -2.32. The van der Waals surface area contributed by atoms with Gasteiger partial charge in [0.1, 0.15) is 0 Å². The number of nitrogens with zero attached hydrogens (tertiary/aromatic N) is 2. The zero-order chi connectivity index (χ0) is 25.2. The van der Waals surface area contributed by atoms with Crippen molar-refractivity contribution in [3.05, 3.63) is 95.1 Å². The Morgan fingerprint density at radius 1 is 0.829 bits per heavy atom. The van der Waals surface area contributed by atoms with Crippen molar-refractivity contribution in [2.24, 2.45) is 5.92 Å². The summed E-state index contributed by atoms with van der Waals surface area (Å²) < 4.78 is 27.6. The highest BCUT2D eigenvalue weighted by atomic mass is 32.2. The Morgan fingerprint density at radius 2 is 1.40 bits per heavy atom.